The summed E-state index contributed by atoms with van der Waals surface area (Å²) in [7, 11) is 0. The first kappa shape index (κ1) is 19.4. The summed E-state index contributed by atoms with van der Waals surface area (Å²) in [5.41, 5.74) is 15.7. The minimum absolute atomic E-state index is 0.0366. The first-order chi connectivity index (χ1) is 14.3. The van der Waals surface area contributed by atoms with Gasteiger partial charge in [0.2, 0.25) is 0 Å². The zero-order valence-electron chi connectivity index (χ0n) is 19.2. The van der Waals surface area contributed by atoms with Crippen molar-refractivity contribution in [1.29, 1.82) is 0 Å². The predicted octanol–water partition coefficient (Wildman–Crippen LogP) is 8.10. The lowest BCUT2D eigenvalue weighted by molar-refractivity contribution is 0.584. The van der Waals surface area contributed by atoms with Crippen LogP contribution in [0.2, 0.25) is 0 Å². The molecular formula is C29H33N. The third kappa shape index (κ3) is 2.61. The summed E-state index contributed by atoms with van der Waals surface area (Å²) in [6.07, 6.45) is 3.83. The van der Waals surface area contributed by atoms with E-state index in [0.717, 1.165) is 0 Å². The average molecular weight is 396 g/mol. The van der Waals surface area contributed by atoms with Crippen molar-refractivity contribution in [2.24, 2.45) is 0 Å². The molecule has 0 bridgehead atoms. The Morgan fingerprint density at radius 3 is 2.40 bits per heavy atom. The second-order valence-corrected chi connectivity index (χ2v) is 9.96. The van der Waals surface area contributed by atoms with E-state index in [4.69, 9.17) is 0 Å². The summed E-state index contributed by atoms with van der Waals surface area (Å²) >= 11 is 0. The van der Waals surface area contributed by atoms with Gasteiger partial charge in [-0.15, -0.1) is 0 Å². The second-order valence-electron chi connectivity index (χ2n) is 9.96. The molecule has 1 heteroatoms. The lowest BCUT2D eigenvalue weighted by Crippen LogP contribution is -2.15. The van der Waals surface area contributed by atoms with E-state index in [1.807, 2.05) is 0 Å². The molecule has 0 saturated heterocycles. The van der Waals surface area contributed by atoms with E-state index in [1.54, 1.807) is 11.1 Å². The summed E-state index contributed by atoms with van der Waals surface area (Å²) in [4.78, 5) is 0. The maximum absolute atomic E-state index is 3.93. The van der Waals surface area contributed by atoms with Crippen LogP contribution in [0, 0.1) is 20.8 Å². The van der Waals surface area contributed by atoms with Crippen LogP contribution in [0.25, 0.3) is 11.1 Å². The van der Waals surface area contributed by atoms with Gasteiger partial charge in [0.1, 0.15) is 0 Å². The van der Waals surface area contributed by atoms with Gasteiger partial charge in [-0.3, -0.25) is 0 Å². The largest absolute Gasteiger partial charge is 0.355 e. The SMILES string of the molecule is Cc1c(C)c2c(c(C)c1Nc1cccc3c1-c1ccccc1C3(C)C)CCCC2C. The van der Waals surface area contributed by atoms with Crippen molar-refractivity contribution in [1.82, 2.24) is 0 Å². The van der Waals surface area contributed by atoms with Crippen LogP contribution < -0.4 is 5.32 Å². The number of rotatable bonds is 2. The minimum Gasteiger partial charge on any atom is -0.355 e. The quantitative estimate of drug-likeness (QED) is 0.462. The van der Waals surface area contributed by atoms with E-state index in [2.05, 4.69) is 89.3 Å². The van der Waals surface area contributed by atoms with Crippen molar-refractivity contribution in [3.8, 4) is 11.1 Å². The fourth-order valence-electron chi connectivity index (χ4n) is 6.15. The molecule has 0 aliphatic heterocycles. The fraction of sp³-hybridized carbons (Fsp3) is 0.379. The molecule has 0 radical (unpaired) electrons. The highest BCUT2D eigenvalue weighted by atomic mass is 14.9. The van der Waals surface area contributed by atoms with Crippen LogP contribution >= 0.6 is 0 Å². The van der Waals surface area contributed by atoms with Gasteiger partial charge >= 0.3 is 0 Å². The third-order valence-electron chi connectivity index (χ3n) is 7.92. The minimum atomic E-state index is 0.0366. The molecule has 1 unspecified atom stereocenters. The molecule has 1 atom stereocenters. The van der Waals surface area contributed by atoms with Crippen LogP contribution in [-0.2, 0) is 11.8 Å². The first-order valence-electron chi connectivity index (χ1n) is 11.4. The molecule has 3 aromatic rings. The smallest absolute Gasteiger partial charge is 0.0467 e. The van der Waals surface area contributed by atoms with Crippen LogP contribution in [0.3, 0.4) is 0 Å². The standard InChI is InChI=1S/C29H33N/c1-17-11-9-13-21-20(4)28(19(3)18(2)26(17)21)30-25-16-10-15-24-27(25)22-12-7-8-14-23(22)29(24,5)6/h7-8,10,12,14-17,30H,9,11,13H2,1-6H3. The monoisotopic (exact) mass is 395 g/mol. The molecule has 1 nitrogen and oxygen atoms in total. The van der Waals surface area contributed by atoms with Crippen molar-refractivity contribution in [2.75, 3.05) is 5.32 Å². The molecule has 5 rings (SSSR count). The van der Waals surface area contributed by atoms with Gasteiger partial charge in [-0.1, -0.05) is 57.2 Å². The normalized spacial score (nSPS) is 18.5. The molecule has 0 spiro atoms. The molecule has 0 amide bonds. The molecule has 2 aliphatic carbocycles. The van der Waals surface area contributed by atoms with E-state index in [9.17, 15) is 0 Å². The van der Waals surface area contributed by atoms with E-state index in [-0.39, 0.29) is 5.41 Å². The van der Waals surface area contributed by atoms with Crippen LogP contribution in [0.5, 0.6) is 0 Å². The predicted molar refractivity (Wildman–Crippen MR) is 129 cm³/mol. The number of hydrogen-bond acceptors (Lipinski definition) is 1. The van der Waals surface area contributed by atoms with Crippen molar-refractivity contribution in [3.63, 3.8) is 0 Å². The van der Waals surface area contributed by atoms with Crippen LogP contribution in [0.1, 0.15) is 78.5 Å². The topological polar surface area (TPSA) is 12.0 Å². The summed E-state index contributed by atoms with van der Waals surface area (Å²) in [6, 6.07) is 15.7. The number of anilines is 2. The molecule has 154 valence electrons. The Hall–Kier alpha value is -2.54. The summed E-state index contributed by atoms with van der Waals surface area (Å²) < 4.78 is 0. The highest BCUT2D eigenvalue weighted by molar-refractivity contribution is 5.92. The maximum atomic E-state index is 3.93. The fourth-order valence-corrected chi connectivity index (χ4v) is 6.15. The highest BCUT2D eigenvalue weighted by Gasteiger charge is 2.36. The second kappa shape index (κ2) is 6.74. The summed E-state index contributed by atoms with van der Waals surface area (Å²) in [5, 5.41) is 3.93. The molecule has 1 N–H and O–H groups in total. The molecule has 0 aromatic heterocycles. The third-order valence-corrected chi connectivity index (χ3v) is 7.92. The molecule has 3 aromatic carbocycles. The summed E-state index contributed by atoms with van der Waals surface area (Å²) in [5.74, 6) is 0.675. The van der Waals surface area contributed by atoms with E-state index < -0.39 is 0 Å². The van der Waals surface area contributed by atoms with Crippen molar-refractivity contribution >= 4 is 11.4 Å². The molecular weight excluding hydrogens is 362 g/mol. The first-order valence-corrected chi connectivity index (χ1v) is 11.4. The van der Waals surface area contributed by atoms with Gasteiger partial charge in [-0.05, 0) is 96.5 Å². The number of benzene rings is 3. The van der Waals surface area contributed by atoms with E-state index in [0.29, 0.717) is 5.92 Å². The lowest BCUT2D eigenvalue weighted by atomic mass is 9.77. The van der Waals surface area contributed by atoms with E-state index >= 15 is 0 Å². The van der Waals surface area contributed by atoms with E-state index in [1.165, 1.54) is 69.6 Å². The molecule has 2 aliphatic rings. The van der Waals surface area contributed by atoms with Crippen molar-refractivity contribution in [3.05, 3.63) is 81.4 Å². The Morgan fingerprint density at radius 1 is 0.867 bits per heavy atom. The number of hydrogen-bond donors (Lipinski definition) is 1. The van der Waals surface area contributed by atoms with Gasteiger partial charge in [-0.2, -0.15) is 0 Å². The lowest BCUT2D eigenvalue weighted by Gasteiger charge is -2.30. The Kier molecular flexibility index (Phi) is 4.36. The Labute approximate surface area is 181 Å². The number of fused-ring (bicyclic) bond motifs is 4. The zero-order chi connectivity index (χ0) is 21.2. The van der Waals surface area contributed by atoms with Gasteiger partial charge in [0.15, 0.2) is 0 Å². The Balaban J connectivity index is 1.69. The van der Waals surface area contributed by atoms with Gasteiger partial charge in [0, 0.05) is 22.4 Å². The van der Waals surface area contributed by atoms with Gasteiger partial charge < -0.3 is 5.32 Å². The molecule has 0 saturated carbocycles. The number of nitrogens with one attached hydrogen (secondary N) is 1. The Bertz CT molecular complexity index is 1170. The van der Waals surface area contributed by atoms with Crippen LogP contribution in [0.4, 0.5) is 11.4 Å². The van der Waals surface area contributed by atoms with Crippen molar-refractivity contribution in [2.45, 2.75) is 72.1 Å². The van der Waals surface area contributed by atoms with Crippen LogP contribution in [-0.4, -0.2) is 0 Å². The highest BCUT2D eigenvalue weighted by Crippen LogP contribution is 2.52. The molecule has 30 heavy (non-hydrogen) atoms. The zero-order valence-corrected chi connectivity index (χ0v) is 19.2. The maximum Gasteiger partial charge on any atom is 0.0467 e. The van der Waals surface area contributed by atoms with Crippen LogP contribution in [0.15, 0.2) is 42.5 Å². The van der Waals surface area contributed by atoms with Crippen molar-refractivity contribution < 1.29 is 0 Å². The molecule has 0 fully saturated rings. The van der Waals surface area contributed by atoms with Gasteiger partial charge in [0.05, 0.1) is 0 Å². The average Bonchev–Trinajstić information content (AvgIpc) is 2.98. The summed E-state index contributed by atoms with van der Waals surface area (Å²) in [6.45, 7) is 14.1. The molecule has 0 heterocycles. The van der Waals surface area contributed by atoms with Gasteiger partial charge in [-0.25, -0.2) is 0 Å². The Morgan fingerprint density at radius 2 is 1.60 bits per heavy atom. The van der Waals surface area contributed by atoms with Gasteiger partial charge in [0.25, 0.3) is 0 Å².